The van der Waals surface area contributed by atoms with Crippen molar-refractivity contribution in [2.45, 2.75) is 65.5 Å². The van der Waals surface area contributed by atoms with Crippen LogP contribution in [0.25, 0.3) is 0 Å². The standard InChI is InChI=1S/C18H18F4N4O3.C4H6F2.C2H6/c1-8-25-14(13(20)16(23)27)11(18-28-5-6-29-18)17(26-8)24-7-9-3-2-4-10(12(9)19)15(21)22;5-4(6)3-1-2-3;1-2/h2-4,13,15,18H,5-7H2,1H3,(H2,23,27)(H,24,25,26);3-4H,1-2H2;1-2H3. The molecule has 4 rings (SSSR count). The van der Waals surface area contributed by atoms with Crippen LogP contribution in [0.3, 0.4) is 0 Å². The Morgan fingerprint density at radius 2 is 1.73 bits per heavy atom. The van der Waals surface area contributed by atoms with Crippen LogP contribution in [0.1, 0.15) is 73.8 Å². The highest BCUT2D eigenvalue weighted by atomic mass is 19.3. The van der Waals surface area contributed by atoms with E-state index in [-0.39, 0.29) is 54.1 Å². The van der Waals surface area contributed by atoms with Gasteiger partial charge in [0.1, 0.15) is 17.5 Å². The van der Waals surface area contributed by atoms with Crippen molar-refractivity contribution < 1.29 is 40.6 Å². The highest BCUT2D eigenvalue weighted by molar-refractivity contribution is 5.80. The van der Waals surface area contributed by atoms with Gasteiger partial charge in [-0.25, -0.2) is 36.3 Å². The van der Waals surface area contributed by atoms with Crippen LogP contribution in [0.2, 0.25) is 0 Å². The zero-order valence-electron chi connectivity index (χ0n) is 20.6. The third-order valence-corrected chi connectivity index (χ3v) is 5.20. The molecule has 1 amide bonds. The predicted molar refractivity (Wildman–Crippen MR) is 123 cm³/mol. The fraction of sp³-hybridized carbons (Fsp3) is 0.542. The van der Waals surface area contributed by atoms with Gasteiger partial charge in [-0.1, -0.05) is 32.0 Å². The molecule has 7 nitrogen and oxygen atoms in total. The lowest BCUT2D eigenvalue weighted by Crippen LogP contribution is -2.23. The third kappa shape index (κ3) is 8.29. The number of aromatic nitrogens is 2. The lowest BCUT2D eigenvalue weighted by molar-refractivity contribution is -0.123. The van der Waals surface area contributed by atoms with E-state index in [1.165, 1.54) is 19.1 Å². The minimum absolute atomic E-state index is 0.00447. The quantitative estimate of drug-likeness (QED) is 0.420. The van der Waals surface area contributed by atoms with Crippen molar-refractivity contribution in [1.82, 2.24) is 9.97 Å². The van der Waals surface area contributed by atoms with Crippen LogP contribution in [0, 0.1) is 18.7 Å². The lowest BCUT2D eigenvalue weighted by Gasteiger charge is -2.20. The van der Waals surface area contributed by atoms with Gasteiger partial charge in [0, 0.05) is 18.0 Å². The Morgan fingerprint density at radius 1 is 1.11 bits per heavy atom. The van der Waals surface area contributed by atoms with Crippen LogP contribution < -0.4 is 11.1 Å². The summed E-state index contributed by atoms with van der Waals surface area (Å²) in [5.74, 6) is -2.43. The summed E-state index contributed by atoms with van der Waals surface area (Å²) >= 11 is 0. The van der Waals surface area contributed by atoms with E-state index in [4.69, 9.17) is 15.2 Å². The van der Waals surface area contributed by atoms with Crippen LogP contribution >= 0.6 is 0 Å². The van der Waals surface area contributed by atoms with E-state index in [0.717, 1.165) is 18.9 Å². The first-order chi connectivity index (χ1) is 17.6. The predicted octanol–water partition coefficient (Wildman–Crippen LogP) is 5.70. The average Bonchev–Trinajstić information content (AvgIpc) is 3.59. The van der Waals surface area contributed by atoms with Crippen molar-refractivity contribution in [3.05, 3.63) is 52.2 Å². The molecule has 13 heteroatoms. The van der Waals surface area contributed by atoms with E-state index < -0.39 is 42.6 Å². The summed E-state index contributed by atoms with van der Waals surface area (Å²) in [5.41, 5.74) is 3.96. The van der Waals surface area contributed by atoms with Gasteiger partial charge in [-0.3, -0.25) is 4.79 Å². The van der Waals surface area contributed by atoms with Gasteiger partial charge in [0.05, 0.1) is 30.0 Å². The first-order valence-corrected chi connectivity index (χ1v) is 11.7. The molecule has 0 radical (unpaired) electrons. The molecular formula is C24H30F6N4O3. The highest BCUT2D eigenvalue weighted by Gasteiger charge is 2.33. The van der Waals surface area contributed by atoms with E-state index in [1.807, 2.05) is 13.8 Å². The van der Waals surface area contributed by atoms with E-state index >= 15 is 0 Å². The van der Waals surface area contributed by atoms with Gasteiger partial charge in [0.2, 0.25) is 12.6 Å². The first kappa shape index (κ1) is 30.3. The lowest BCUT2D eigenvalue weighted by atomic mass is 10.1. The summed E-state index contributed by atoms with van der Waals surface area (Å²) in [7, 11) is 0. The number of anilines is 1. The maximum atomic E-state index is 14.5. The molecule has 1 aliphatic carbocycles. The number of alkyl halides is 5. The Bertz CT molecular complexity index is 1030. The Kier molecular flexibility index (Phi) is 11.6. The van der Waals surface area contributed by atoms with Gasteiger partial charge in [0.15, 0.2) is 6.29 Å². The second-order valence-corrected chi connectivity index (χ2v) is 7.90. The Morgan fingerprint density at radius 3 is 2.22 bits per heavy atom. The summed E-state index contributed by atoms with van der Waals surface area (Å²) in [6.07, 6.45) is -6.83. The number of rotatable bonds is 8. The van der Waals surface area contributed by atoms with Crippen LogP contribution in [0.5, 0.6) is 0 Å². The van der Waals surface area contributed by atoms with Crippen LogP contribution in [-0.4, -0.2) is 35.5 Å². The van der Waals surface area contributed by atoms with Crippen LogP contribution in [-0.2, 0) is 20.8 Å². The van der Waals surface area contributed by atoms with Gasteiger partial charge < -0.3 is 20.5 Å². The van der Waals surface area contributed by atoms with Gasteiger partial charge in [-0.15, -0.1) is 0 Å². The zero-order chi connectivity index (χ0) is 27.7. The molecule has 1 aromatic carbocycles. The van der Waals surface area contributed by atoms with E-state index in [0.29, 0.717) is 0 Å². The fourth-order valence-electron chi connectivity index (χ4n) is 3.25. The number of carbonyl (C=O) groups excluding carboxylic acids is 1. The SMILES string of the molecule is CC.Cc1nc(NCc2cccc(C(F)F)c2F)c(C2OCCO2)c(C(F)C(N)=O)n1.FC(F)C1CC1. The summed E-state index contributed by atoms with van der Waals surface area (Å²) in [6.45, 7) is 5.65. The largest absolute Gasteiger partial charge is 0.367 e. The number of hydrogen-bond acceptors (Lipinski definition) is 6. The number of benzene rings is 1. The van der Waals surface area contributed by atoms with Crippen LogP contribution in [0.15, 0.2) is 18.2 Å². The molecule has 2 aliphatic rings. The van der Waals surface area contributed by atoms with E-state index in [1.54, 1.807) is 0 Å². The molecule has 0 bridgehead atoms. The Balaban J connectivity index is 0.000000519. The number of carbonyl (C=O) groups is 1. The maximum Gasteiger partial charge on any atom is 0.266 e. The van der Waals surface area contributed by atoms with E-state index in [2.05, 4.69) is 15.3 Å². The Hall–Kier alpha value is -2.93. The number of primary amides is 1. The molecule has 3 N–H and O–H groups in total. The number of nitrogens with one attached hydrogen (secondary N) is 1. The van der Waals surface area contributed by atoms with E-state index in [9.17, 15) is 31.1 Å². The number of halogens is 6. The normalized spacial score (nSPS) is 16.1. The van der Waals surface area contributed by atoms with Gasteiger partial charge >= 0.3 is 0 Å². The summed E-state index contributed by atoms with van der Waals surface area (Å²) < 4.78 is 87.8. The second kappa shape index (κ2) is 14.1. The van der Waals surface area contributed by atoms with Crippen molar-refractivity contribution in [3.63, 3.8) is 0 Å². The van der Waals surface area contributed by atoms with Gasteiger partial charge in [-0.2, -0.15) is 0 Å². The third-order valence-electron chi connectivity index (χ3n) is 5.20. The molecule has 2 aromatic rings. The minimum Gasteiger partial charge on any atom is -0.367 e. The number of nitrogens with zero attached hydrogens (tertiary/aromatic N) is 2. The Labute approximate surface area is 210 Å². The highest BCUT2D eigenvalue weighted by Crippen LogP contribution is 2.36. The van der Waals surface area contributed by atoms with Crippen LogP contribution in [0.4, 0.5) is 32.2 Å². The van der Waals surface area contributed by atoms with Crippen molar-refractivity contribution in [3.8, 4) is 0 Å². The number of ether oxygens (including phenoxy) is 2. The first-order valence-electron chi connectivity index (χ1n) is 11.7. The molecular weight excluding hydrogens is 506 g/mol. The minimum atomic E-state index is -2.97. The summed E-state index contributed by atoms with van der Waals surface area (Å²) in [5, 5.41) is 2.77. The molecule has 1 aliphatic heterocycles. The molecule has 1 saturated heterocycles. The zero-order valence-corrected chi connectivity index (χ0v) is 20.6. The average molecular weight is 537 g/mol. The molecule has 206 valence electrons. The number of amides is 1. The molecule has 2 heterocycles. The molecule has 1 atom stereocenters. The molecule has 1 unspecified atom stereocenters. The van der Waals surface area contributed by atoms with Gasteiger partial charge in [-0.05, 0) is 19.8 Å². The summed E-state index contributed by atoms with van der Waals surface area (Å²) in [4.78, 5) is 19.5. The molecule has 1 saturated carbocycles. The van der Waals surface area contributed by atoms with Crippen molar-refractivity contribution >= 4 is 11.7 Å². The molecule has 0 spiro atoms. The number of aryl methyl sites for hydroxylation is 1. The molecule has 37 heavy (non-hydrogen) atoms. The fourth-order valence-corrected chi connectivity index (χ4v) is 3.25. The van der Waals surface area contributed by atoms with Crippen molar-refractivity contribution in [2.75, 3.05) is 18.5 Å². The van der Waals surface area contributed by atoms with Crippen molar-refractivity contribution in [1.29, 1.82) is 0 Å². The number of hydrogen-bond donors (Lipinski definition) is 2. The monoisotopic (exact) mass is 536 g/mol. The van der Waals surface area contributed by atoms with Crippen molar-refractivity contribution in [2.24, 2.45) is 11.7 Å². The smallest absolute Gasteiger partial charge is 0.266 e. The number of nitrogens with two attached hydrogens (primary N) is 1. The summed E-state index contributed by atoms with van der Waals surface area (Å²) in [6, 6.07) is 3.61. The molecule has 1 aromatic heterocycles. The topological polar surface area (TPSA) is 99.4 Å². The molecule has 2 fully saturated rings. The second-order valence-electron chi connectivity index (χ2n) is 7.90. The van der Waals surface area contributed by atoms with Gasteiger partial charge in [0.25, 0.3) is 12.3 Å². The maximum absolute atomic E-state index is 14.5.